The van der Waals surface area contributed by atoms with Crippen LogP contribution in [0.15, 0.2) is 30.3 Å². The molecule has 1 aliphatic carbocycles. The Bertz CT molecular complexity index is 587. The van der Waals surface area contributed by atoms with E-state index in [0.29, 0.717) is 6.04 Å². The lowest BCUT2D eigenvalue weighted by Gasteiger charge is -2.18. The summed E-state index contributed by atoms with van der Waals surface area (Å²) >= 11 is 0. The molecule has 1 heterocycles. The van der Waals surface area contributed by atoms with E-state index < -0.39 is 0 Å². The first-order valence-corrected chi connectivity index (χ1v) is 7.87. The molecule has 1 unspecified atom stereocenters. The summed E-state index contributed by atoms with van der Waals surface area (Å²) in [4.78, 5) is 4.89. The first-order chi connectivity index (χ1) is 9.78. The quantitative estimate of drug-likeness (QED) is 0.840. The highest BCUT2D eigenvalue weighted by Crippen LogP contribution is 2.36. The molecule has 1 aromatic heterocycles. The van der Waals surface area contributed by atoms with Gasteiger partial charge in [0.1, 0.15) is 0 Å². The topological polar surface area (TPSA) is 24.9 Å². The van der Waals surface area contributed by atoms with Crippen LogP contribution in [-0.4, -0.2) is 11.5 Å². The number of para-hydroxylation sites is 1. The third-order valence-corrected chi connectivity index (χ3v) is 4.31. The van der Waals surface area contributed by atoms with Gasteiger partial charge in [0, 0.05) is 11.4 Å². The molecule has 0 amide bonds. The molecule has 0 bridgehead atoms. The number of nitrogens with one attached hydrogen (secondary N) is 1. The number of hydrogen-bond acceptors (Lipinski definition) is 2. The van der Waals surface area contributed by atoms with Crippen molar-refractivity contribution >= 4 is 10.9 Å². The Morgan fingerprint density at radius 3 is 2.85 bits per heavy atom. The fourth-order valence-electron chi connectivity index (χ4n) is 2.96. The minimum atomic E-state index is 0.406. The summed E-state index contributed by atoms with van der Waals surface area (Å²) in [6.07, 6.45) is 5.42. The number of nitrogens with zero attached hydrogens (tertiary/aromatic N) is 1. The van der Waals surface area contributed by atoms with Crippen molar-refractivity contribution in [3.63, 3.8) is 0 Å². The van der Waals surface area contributed by atoms with Gasteiger partial charge in [-0.3, -0.25) is 4.98 Å². The highest BCUT2D eigenvalue weighted by molar-refractivity contribution is 5.82. The van der Waals surface area contributed by atoms with E-state index in [4.69, 9.17) is 4.98 Å². The minimum Gasteiger partial charge on any atom is -0.309 e. The van der Waals surface area contributed by atoms with Crippen molar-refractivity contribution in [3.8, 4) is 0 Å². The van der Waals surface area contributed by atoms with Crippen LogP contribution < -0.4 is 5.32 Å². The lowest BCUT2D eigenvalue weighted by molar-refractivity contribution is 0.473. The maximum atomic E-state index is 4.89. The van der Waals surface area contributed by atoms with Crippen molar-refractivity contribution < 1.29 is 0 Å². The first kappa shape index (κ1) is 13.6. The zero-order valence-corrected chi connectivity index (χ0v) is 12.5. The summed E-state index contributed by atoms with van der Waals surface area (Å²) in [6, 6.07) is 11.1. The van der Waals surface area contributed by atoms with Crippen LogP contribution in [0.2, 0.25) is 0 Å². The smallest absolute Gasteiger partial charge is 0.0708 e. The number of aromatic nitrogens is 1. The maximum absolute atomic E-state index is 4.89. The van der Waals surface area contributed by atoms with Crippen LogP contribution >= 0.6 is 0 Å². The molecular weight excluding hydrogens is 244 g/mol. The van der Waals surface area contributed by atoms with E-state index in [1.807, 2.05) is 0 Å². The minimum absolute atomic E-state index is 0.406. The molecule has 1 aliphatic rings. The number of rotatable bonds is 6. The molecule has 106 valence electrons. The summed E-state index contributed by atoms with van der Waals surface area (Å²) in [7, 11) is 0. The van der Waals surface area contributed by atoms with Crippen LogP contribution in [-0.2, 0) is 0 Å². The first-order valence-electron chi connectivity index (χ1n) is 7.87. The molecule has 2 nitrogen and oxygen atoms in total. The van der Waals surface area contributed by atoms with Crippen LogP contribution in [0.1, 0.15) is 49.9 Å². The number of hydrogen-bond donors (Lipinski definition) is 1. The van der Waals surface area contributed by atoms with E-state index >= 15 is 0 Å². The molecule has 1 aromatic carbocycles. The lowest BCUT2D eigenvalue weighted by atomic mass is 10.0. The zero-order valence-electron chi connectivity index (χ0n) is 12.5. The fraction of sp³-hybridized carbons (Fsp3) is 0.500. The van der Waals surface area contributed by atoms with Crippen LogP contribution in [0, 0.1) is 12.8 Å². The Morgan fingerprint density at radius 2 is 2.10 bits per heavy atom. The van der Waals surface area contributed by atoms with Gasteiger partial charge < -0.3 is 5.32 Å². The molecule has 1 N–H and O–H groups in total. The third-order valence-electron chi connectivity index (χ3n) is 4.31. The third kappa shape index (κ3) is 3.01. The molecule has 1 saturated carbocycles. The van der Waals surface area contributed by atoms with E-state index in [-0.39, 0.29) is 0 Å². The normalized spacial score (nSPS) is 16.5. The van der Waals surface area contributed by atoms with Gasteiger partial charge in [-0.05, 0) is 49.9 Å². The molecule has 3 rings (SSSR count). The van der Waals surface area contributed by atoms with Gasteiger partial charge >= 0.3 is 0 Å². The van der Waals surface area contributed by atoms with E-state index in [0.717, 1.165) is 18.0 Å². The fourth-order valence-corrected chi connectivity index (χ4v) is 2.96. The number of fused-ring (bicyclic) bond motifs is 1. The Labute approximate surface area is 121 Å². The average Bonchev–Trinajstić information content (AvgIpc) is 3.27. The summed E-state index contributed by atoms with van der Waals surface area (Å²) in [5.41, 5.74) is 3.67. The number of benzene rings is 1. The van der Waals surface area contributed by atoms with Gasteiger partial charge in [0.05, 0.1) is 11.2 Å². The maximum Gasteiger partial charge on any atom is 0.0708 e. The Morgan fingerprint density at radius 1 is 1.30 bits per heavy atom. The summed E-state index contributed by atoms with van der Waals surface area (Å²) in [5.74, 6) is 0.984. The van der Waals surface area contributed by atoms with Gasteiger partial charge in [-0.2, -0.15) is 0 Å². The van der Waals surface area contributed by atoms with Gasteiger partial charge in [0.25, 0.3) is 0 Å². The van der Waals surface area contributed by atoms with E-state index in [1.165, 1.54) is 42.3 Å². The molecule has 1 atom stereocenters. The van der Waals surface area contributed by atoms with E-state index in [9.17, 15) is 0 Å². The van der Waals surface area contributed by atoms with Gasteiger partial charge in [0.2, 0.25) is 0 Å². The predicted molar refractivity (Wildman–Crippen MR) is 84.9 cm³/mol. The van der Waals surface area contributed by atoms with Crippen molar-refractivity contribution in [1.82, 2.24) is 10.3 Å². The molecule has 0 spiro atoms. The molecule has 20 heavy (non-hydrogen) atoms. The second-order valence-corrected chi connectivity index (χ2v) is 6.01. The summed E-state index contributed by atoms with van der Waals surface area (Å²) < 4.78 is 0. The van der Waals surface area contributed by atoms with Crippen molar-refractivity contribution in [3.05, 3.63) is 41.6 Å². The molecule has 2 heteroatoms. The van der Waals surface area contributed by atoms with Crippen molar-refractivity contribution in [2.24, 2.45) is 5.92 Å². The Balaban J connectivity index is 1.88. The van der Waals surface area contributed by atoms with Crippen molar-refractivity contribution in [2.75, 3.05) is 6.54 Å². The van der Waals surface area contributed by atoms with Crippen molar-refractivity contribution in [2.45, 2.75) is 45.6 Å². The lowest BCUT2D eigenvalue weighted by Crippen LogP contribution is -2.22. The van der Waals surface area contributed by atoms with Crippen LogP contribution in [0.5, 0.6) is 0 Å². The molecule has 0 saturated heterocycles. The van der Waals surface area contributed by atoms with Gasteiger partial charge in [0.15, 0.2) is 0 Å². The number of aryl methyl sites for hydroxylation is 1. The van der Waals surface area contributed by atoms with Crippen molar-refractivity contribution in [1.29, 1.82) is 0 Å². The van der Waals surface area contributed by atoms with Crippen LogP contribution in [0.4, 0.5) is 0 Å². The van der Waals surface area contributed by atoms with E-state index in [1.54, 1.807) is 0 Å². The van der Waals surface area contributed by atoms with Crippen LogP contribution in [0.3, 0.4) is 0 Å². The molecule has 0 aliphatic heterocycles. The summed E-state index contributed by atoms with van der Waals surface area (Å²) in [6.45, 7) is 5.37. The SMILES string of the molecule is CCNC(CCC1CC1)c1cc(C)c2ccccc2n1. The average molecular weight is 268 g/mol. The largest absolute Gasteiger partial charge is 0.309 e. The van der Waals surface area contributed by atoms with Crippen LogP contribution in [0.25, 0.3) is 10.9 Å². The molecule has 0 radical (unpaired) electrons. The Kier molecular flexibility index (Phi) is 4.02. The van der Waals surface area contributed by atoms with E-state index in [2.05, 4.69) is 49.5 Å². The second-order valence-electron chi connectivity index (χ2n) is 6.01. The summed E-state index contributed by atoms with van der Waals surface area (Å²) in [5, 5.41) is 4.88. The standard InChI is InChI=1S/C18H24N2/c1-3-19-17(11-10-14-8-9-14)18-12-13(2)15-6-4-5-7-16(15)20-18/h4-7,12,14,17,19H,3,8-11H2,1-2H3. The number of pyridine rings is 1. The molecule has 1 fully saturated rings. The molecule has 2 aromatic rings. The van der Waals surface area contributed by atoms with Gasteiger partial charge in [-0.1, -0.05) is 38.0 Å². The zero-order chi connectivity index (χ0) is 13.9. The predicted octanol–water partition coefficient (Wildman–Crippen LogP) is 4.38. The van der Waals surface area contributed by atoms with Gasteiger partial charge in [-0.15, -0.1) is 0 Å². The van der Waals surface area contributed by atoms with Gasteiger partial charge in [-0.25, -0.2) is 0 Å². The monoisotopic (exact) mass is 268 g/mol. The molecular formula is C18H24N2. The highest BCUT2D eigenvalue weighted by atomic mass is 14.9. The highest BCUT2D eigenvalue weighted by Gasteiger charge is 2.23. The second kappa shape index (κ2) is 5.92. The Hall–Kier alpha value is -1.41.